The molecular formula is C16H32N2O2. The maximum atomic E-state index is 12.4. The maximum Gasteiger partial charge on any atom is 0.239 e. The first-order chi connectivity index (χ1) is 9.58. The summed E-state index contributed by atoms with van der Waals surface area (Å²) >= 11 is 0. The predicted octanol–water partition coefficient (Wildman–Crippen LogP) is 2.17. The molecule has 118 valence electrons. The van der Waals surface area contributed by atoms with E-state index in [4.69, 9.17) is 0 Å². The molecule has 4 heteroatoms. The number of hydrogen-bond donors (Lipinski definition) is 2. The lowest BCUT2D eigenvalue weighted by Crippen LogP contribution is -2.49. The van der Waals surface area contributed by atoms with Crippen molar-refractivity contribution in [1.82, 2.24) is 10.2 Å². The highest BCUT2D eigenvalue weighted by molar-refractivity contribution is 5.81. The molecule has 0 bridgehead atoms. The number of aliphatic hydroxyl groups excluding tert-OH is 1. The van der Waals surface area contributed by atoms with Gasteiger partial charge in [-0.15, -0.1) is 0 Å². The molecule has 1 atom stereocenters. The number of nitrogens with zero attached hydrogens (tertiary/aromatic N) is 1. The van der Waals surface area contributed by atoms with E-state index in [1.54, 1.807) is 0 Å². The number of nitrogens with one attached hydrogen (secondary N) is 1. The predicted molar refractivity (Wildman–Crippen MR) is 82.6 cm³/mol. The minimum atomic E-state index is -0.155. The molecule has 0 radical (unpaired) electrons. The number of likely N-dealkylation sites (tertiary alicyclic amines) is 1. The van der Waals surface area contributed by atoms with Gasteiger partial charge in [0.25, 0.3) is 0 Å². The zero-order chi connectivity index (χ0) is 15.0. The van der Waals surface area contributed by atoms with Crippen LogP contribution in [0.1, 0.15) is 59.3 Å². The molecule has 0 aliphatic carbocycles. The van der Waals surface area contributed by atoms with Crippen LogP contribution in [0.4, 0.5) is 0 Å². The van der Waals surface area contributed by atoms with Crippen LogP contribution in [0, 0.1) is 5.41 Å². The lowest BCUT2D eigenvalue weighted by Gasteiger charge is -2.32. The van der Waals surface area contributed by atoms with Gasteiger partial charge in [0.1, 0.15) is 0 Å². The van der Waals surface area contributed by atoms with Gasteiger partial charge in [-0.05, 0) is 32.6 Å². The second-order valence-electron chi connectivity index (χ2n) is 6.21. The zero-order valence-corrected chi connectivity index (χ0v) is 13.5. The van der Waals surface area contributed by atoms with E-state index in [0.717, 1.165) is 38.8 Å². The summed E-state index contributed by atoms with van der Waals surface area (Å²) in [4.78, 5) is 14.4. The minimum absolute atomic E-state index is 0.0900. The molecule has 0 aromatic rings. The highest BCUT2D eigenvalue weighted by Gasteiger charge is 2.28. The monoisotopic (exact) mass is 284 g/mol. The van der Waals surface area contributed by atoms with Gasteiger partial charge in [0, 0.05) is 31.7 Å². The van der Waals surface area contributed by atoms with Crippen molar-refractivity contribution in [1.29, 1.82) is 0 Å². The van der Waals surface area contributed by atoms with Crippen LogP contribution in [0.3, 0.4) is 0 Å². The van der Waals surface area contributed by atoms with Crippen LogP contribution in [0.15, 0.2) is 0 Å². The summed E-state index contributed by atoms with van der Waals surface area (Å²) in [5.41, 5.74) is -0.0900. The zero-order valence-electron chi connectivity index (χ0n) is 13.5. The first-order valence-electron chi connectivity index (χ1n) is 8.21. The third kappa shape index (κ3) is 4.74. The molecule has 4 nitrogen and oxygen atoms in total. The molecule has 1 amide bonds. The Kier molecular flexibility index (Phi) is 7.52. The van der Waals surface area contributed by atoms with Crippen molar-refractivity contribution >= 4 is 5.91 Å². The molecule has 1 rings (SSSR count). The average Bonchev–Trinajstić information content (AvgIpc) is 2.77. The summed E-state index contributed by atoms with van der Waals surface area (Å²) in [5, 5.41) is 12.9. The van der Waals surface area contributed by atoms with Gasteiger partial charge in [-0.2, -0.15) is 0 Å². The van der Waals surface area contributed by atoms with Crippen LogP contribution < -0.4 is 5.32 Å². The fourth-order valence-corrected chi connectivity index (χ4v) is 2.80. The largest absolute Gasteiger partial charge is 0.396 e. The molecule has 1 unspecified atom stereocenters. The highest BCUT2D eigenvalue weighted by atomic mass is 16.3. The van der Waals surface area contributed by atoms with Crippen molar-refractivity contribution in [2.75, 3.05) is 26.2 Å². The van der Waals surface area contributed by atoms with E-state index in [1.165, 1.54) is 12.8 Å². The van der Waals surface area contributed by atoms with Crippen molar-refractivity contribution in [3.63, 3.8) is 0 Å². The fraction of sp³-hybridized carbons (Fsp3) is 0.938. The number of carbonyl (C=O) groups excluding carboxylic acids is 1. The second kappa shape index (κ2) is 8.63. The van der Waals surface area contributed by atoms with Crippen molar-refractivity contribution in [2.24, 2.45) is 5.41 Å². The molecule has 0 aromatic carbocycles. The first-order valence-corrected chi connectivity index (χ1v) is 8.21. The Bertz CT molecular complexity index is 274. The van der Waals surface area contributed by atoms with Crippen molar-refractivity contribution in [3.8, 4) is 0 Å². The summed E-state index contributed by atoms with van der Waals surface area (Å²) in [6, 6.07) is -0.155. The Morgan fingerprint density at radius 1 is 1.20 bits per heavy atom. The van der Waals surface area contributed by atoms with E-state index in [1.807, 2.05) is 11.8 Å². The Morgan fingerprint density at radius 2 is 1.75 bits per heavy atom. The molecule has 1 fully saturated rings. The third-order valence-corrected chi connectivity index (χ3v) is 4.91. The minimum Gasteiger partial charge on any atom is -0.396 e. The molecule has 1 saturated heterocycles. The molecule has 2 N–H and O–H groups in total. The summed E-state index contributed by atoms with van der Waals surface area (Å²) in [5.74, 6) is 0.214. The van der Waals surface area contributed by atoms with Crippen molar-refractivity contribution < 1.29 is 9.90 Å². The topological polar surface area (TPSA) is 52.6 Å². The maximum absolute atomic E-state index is 12.4. The van der Waals surface area contributed by atoms with E-state index < -0.39 is 0 Å². The smallest absolute Gasteiger partial charge is 0.239 e. The quantitative estimate of drug-likeness (QED) is 0.753. The van der Waals surface area contributed by atoms with Gasteiger partial charge in [-0.3, -0.25) is 4.79 Å². The molecule has 1 heterocycles. The molecule has 20 heavy (non-hydrogen) atoms. The van der Waals surface area contributed by atoms with Gasteiger partial charge in [0.2, 0.25) is 5.91 Å². The average molecular weight is 284 g/mol. The SMILES string of the molecule is CCC(CC)(CO)CNC(C)C(=O)N1CCCCCC1. The summed E-state index contributed by atoms with van der Waals surface area (Å²) < 4.78 is 0. The molecule has 0 saturated carbocycles. The van der Waals surface area contributed by atoms with Gasteiger partial charge >= 0.3 is 0 Å². The summed E-state index contributed by atoms with van der Waals surface area (Å²) in [7, 11) is 0. The molecule has 1 aliphatic rings. The van der Waals surface area contributed by atoms with Gasteiger partial charge in [-0.1, -0.05) is 26.7 Å². The second-order valence-corrected chi connectivity index (χ2v) is 6.21. The van der Waals surface area contributed by atoms with Crippen molar-refractivity contribution in [3.05, 3.63) is 0 Å². The van der Waals surface area contributed by atoms with Crippen LogP contribution in [-0.4, -0.2) is 48.2 Å². The van der Waals surface area contributed by atoms with Crippen LogP contribution in [0.25, 0.3) is 0 Å². The Hall–Kier alpha value is -0.610. The number of carbonyl (C=O) groups is 1. The fourth-order valence-electron chi connectivity index (χ4n) is 2.80. The molecular weight excluding hydrogens is 252 g/mol. The van der Waals surface area contributed by atoms with Gasteiger partial charge in [0.15, 0.2) is 0 Å². The number of hydrogen-bond acceptors (Lipinski definition) is 3. The van der Waals surface area contributed by atoms with E-state index >= 15 is 0 Å². The van der Waals surface area contributed by atoms with Crippen LogP contribution in [-0.2, 0) is 4.79 Å². The number of amides is 1. The van der Waals surface area contributed by atoms with E-state index in [9.17, 15) is 9.90 Å². The Balaban J connectivity index is 2.48. The number of rotatable bonds is 7. The summed E-state index contributed by atoms with van der Waals surface area (Å²) in [6.07, 6.45) is 6.59. The normalized spacial score (nSPS) is 18.7. The molecule has 0 spiro atoms. The highest BCUT2D eigenvalue weighted by Crippen LogP contribution is 2.24. The standard InChI is InChI=1S/C16H32N2O2/c1-4-16(5-2,13-19)12-17-14(3)15(20)18-10-8-6-7-9-11-18/h14,17,19H,4-13H2,1-3H3. The van der Waals surface area contributed by atoms with Gasteiger partial charge < -0.3 is 15.3 Å². The summed E-state index contributed by atoms with van der Waals surface area (Å²) in [6.45, 7) is 8.83. The van der Waals surface area contributed by atoms with Gasteiger partial charge in [0.05, 0.1) is 6.04 Å². The van der Waals surface area contributed by atoms with E-state index in [2.05, 4.69) is 19.2 Å². The van der Waals surface area contributed by atoms with E-state index in [0.29, 0.717) is 6.54 Å². The Labute approximate surface area is 123 Å². The van der Waals surface area contributed by atoms with Crippen LogP contribution in [0.2, 0.25) is 0 Å². The molecule has 0 aromatic heterocycles. The molecule has 1 aliphatic heterocycles. The Morgan fingerprint density at radius 3 is 2.20 bits per heavy atom. The van der Waals surface area contributed by atoms with Crippen LogP contribution >= 0.6 is 0 Å². The van der Waals surface area contributed by atoms with Crippen molar-refractivity contribution in [2.45, 2.75) is 65.3 Å². The van der Waals surface area contributed by atoms with Crippen LogP contribution in [0.5, 0.6) is 0 Å². The van der Waals surface area contributed by atoms with E-state index in [-0.39, 0.29) is 24.0 Å². The lowest BCUT2D eigenvalue weighted by atomic mass is 9.83. The van der Waals surface area contributed by atoms with Gasteiger partial charge in [-0.25, -0.2) is 0 Å². The first kappa shape index (κ1) is 17.4. The number of aliphatic hydroxyl groups is 1. The third-order valence-electron chi connectivity index (χ3n) is 4.91. The lowest BCUT2D eigenvalue weighted by molar-refractivity contribution is -0.133.